The number of carbonyl (C=O) groups is 1. The van der Waals surface area contributed by atoms with Gasteiger partial charge < -0.3 is 0 Å². The molecule has 0 saturated carbocycles. The lowest BCUT2D eigenvalue weighted by molar-refractivity contribution is 0.253. The Morgan fingerprint density at radius 1 is 0.966 bits per heavy atom. The summed E-state index contributed by atoms with van der Waals surface area (Å²) in [6.45, 7) is 0.115. The molecular formula is C21H17FN2O3S2. The molecule has 2 amide bonds. The number of rotatable bonds is 4. The predicted octanol–water partition coefficient (Wildman–Crippen LogP) is 4.88. The van der Waals surface area contributed by atoms with Crippen LogP contribution in [0.3, 0.4) is 0 Å². The fraction of sp³-hybridized carbons (Fsp3) is 0.0952. The second-order valence-electron chi connectivity index (χ2n) is 6.43. The first kappa shape index (κ1) is 19.5. The van der Waals surface area contributed by atoms with Crippen molar-refractivity contribution < 1.29 is 17.6 Å². The van der Waals surface area contributed by atoms with Crippen molar-refractivity contribution in [2.75, 3.05) is 15.5 Å². The van der Waals surface area contributed by atoms with Crippen LogP contribution in [0.15, 0.2) is 82.6 Å². The van der Waals surface area contributed by atoms with Crippen molar-refractivity contribution in [2.45, 2.75) is 16.3 Å². The largest absolute Gasteiger partial charge is 0.343 e. The van der Waals surface area contributed by atoms with Crippen LogP contribution in [0.2, 0.25) is 0 Å². The Morgan fingerprint density at radius 2 is 1.69 bits per heavy atom. The molecule has 1 aliphatic rings. The van der Waals surface area contributed by atoms with Crippen molar-refractivity contribution in [3.05, 3.63) is 84.2 Å². The first-order chi connectivity index (χ1) is 13.9. The summed E-state index contributed by atoms with van der Waals surface area (Å²) in [5.74, 6) is -0.378. The first-order valence-electron chi connectivity index (χ1n) is 8.76. The van der Waals surface area contributed by atoms with E-state index in [1.807, 2.05) is 12.3 Å². The average Bonchev–Trinajstić information content (AvgIpc) is 2.72. The van der Waals surface area contributed by atoms with Gasteiger partial charge in [-0.2, -0.15) is 4.31 Å². The van der Waals surface area contributed by atoms with Crippen LogP contribution >= 0.6 is 11.8 Å². The molecule has 29 heavy (non-hydrogen) atoms. The van der Waals surface area contributed by atoms with Crippen LogP contribution in [-0.4, -0.2) is 20.7 Å². The molecule has 0 aromatic heterocycles. The number of thioether (sulfide) groups is 1. The lowest BCUT2D eigenvalue weighted by atomic mass is 10.2. The molecule has 0 bridgehead atoms. The number of hydrogen-bond acceptors (Lipinski definition) is 4. The number of hydrogen-bond donors (Lipinski definition) is 0. The maximum Gasteiger partial charge on any atom is 0.343 e. The number of urea groups is 1. The molecule has 8 heteroatoms. The van der Waals surface area contributed by atoms with Gasteiger partial charge in [-0.15, -0.1) is 11.8 Å². The summed E-state index contributed by atoms with van der Waals surface area (Å²) in [6.07, 6.45) is 1.88. The Hall–Kier alpha value is -2.84. The molecule has 4 rings (SSSR count). The SMILES string of the molecule is CSc1cccc(N2C(=O)N(Cc3ccc(F)cc3)c3ccccc3S2(=O)=O)c1. The van der Waals surface area contributed by atoms with Gasteiger partial charge in [0.1, 0.15) is 10.7 Å². The second-order valence-corrected chi connectivity index (χ2v) is 9.07. The lowest BCUT2D eigenvalue weighted by Gasteiger charge is -2.36. The third kappa shape index (κ3) is 3.49. The van der Waals surface area contributed by atoms with Gasteiger partial charge in [-0.3, -0.25) is 4.90 Å². The summed E-state index contributed by atoms with van der Waals surface area (Å²) in [5, 5.41) is 0. The van der Waals surface area contributed by atoms with Gasteiger partial charge in [0, 0.05) is 4.90 Å². The highest BCUT2D eigenvalue weighted by Gasteiger charge is 2.42. The number of anilines is 2. The number of fused-ring (bicyclic) bond motifs is 1. The number of halogens is 1. The molecule has 1 heterocycles. The second kappa shape index (κ2) is 7.53. The van der Waals surface area contributed by atoms with E-state index in [-0.39, 0.29) is 22.9 Å². The third-order valence-electron chi connectivity index (χ3n) is 4.62. The van der Waals surface area contributed by atoms with Crippen molar-refractivity contribution in [2.24, 2.45) is 0 Å². The van der Waals surface area contributed by atoms with Crippen LogP contribution in [0.25, 0.3) is 0 Å². The van der Waals surface area contributed by atoms with E-state index in [1.165, 1.54) is 34.9 Å². The minimum atomic E-state index is -4.07. The van der Waals surface area contributed by atoms with E-state index in [4.69, 9.17) is 0 Å². The average molecular weight is 429 g/mol. The van der Waals surface area contributed by atoms with Crippen LogP contribution in [0.1, 0.15) is 5.56 Å². The van der Waals surface area contributed by atoms with Crippen LogP contribution in [-0.2, 0) is 16.6 Å². The Labute approximate surface area is 172 Å². The van der Waals surface area contributed by atoms with Crippen LogP contribution < -0.4 is 9.21 Å². The summed E-state index contributed by atoms with van der Waals surface area (Å²) in [5.41, 5.74) is 1.27. The van der Waals surface area contributed by atoms with Gasteiger partial charge >= 0.3 is 6.03 Å². The van der Waals surface area contributed by atoms with E-state index >= 15 is 0 Å². The molecule has 0 radical (unpaired) electrons. The smallest absolute Gasteiger partial charge is 0.287 e. The summed E-state index contributed by atoms with van der Waals surface area (Å²) < 4.78 is 40.7. The van der Waals surface area contributed by atoms with E-state index in [0.29, 0.717) is 11.3 Å². The minimum Gasteiger partial charge on any atom is -0.287 e. The molecule has 5 nitrogen and oxygen atoms in total. The Morgan fingerprint density at radius 3 is 2.41 bits per heavy atom. The van der Waals surface area contributed by atoms with Gasteiger partial charge in [-0.25, -0.2) is 17.6 Å². The molecule has 0 fully saturated rings. The van der Waals surface area contributed by atoms with E-state index in [2.05, 4.69) is 0 Å². The highest BCUT2D eigenvalue weighted by molar-refractivity contribution is 7.98. The van der Waals surface area contributed by atoms with E-state index < -0.39 is 16.1 Å². The Balaban J connectivity index is 1.85. The molecule has 3 aromatic rings. The van der Waals surface area contributed by atoms with Crippen molar-refractivity contribution in [3.63, 3.8) is 0 Å². The van der Waals surface area contributed by atoms with Gasteiger partial charge in [-0.05, 0) is 54.3 Å². The first-order valence-corrected chi connectivity index (χ1v) is 11.4. The molecule has 0 N–H and O–H groups in total. The fourth-order valence-corrected chi connectivity index (χ4v) is 5.26. The number of benzene rings is 3. The maximum absolute atomic E-state index is 13.4. The standard InChI is InChI=1S/C21H17FN2O3S2/c1-28-18-6-4-5-17(13-18)24-21(25)23(14-15-9-11-16(22)12-10-15)19-7-2-3-8-20(19)29(24,26)27/h2-13H,14H2,1H3. The highest BCUT2D eigenvalue weighted by Crippen LogP contribution is 2.38. The molecule has 0 aliphatic carbocycles. The summed E-state index contributed by atoms with van der Waals surface area (Å²) in [7, 11) is -4.07. The molecule has 0 unspecified atom stereocenters. The van der Waals surface area contributed by atoms with Crippen LogP contribution in [0, 0.1) is 5.82 Å². The Kier molecular flexibility index (Phi) is 5.06. The summed E-state index contributed by atoms with van der Waals surface area (Å²) >= 11 is 1.46. The molecule has 0 atom stereocenters. The molecule has 0 spiro atoms. The van der Waals surface area contributed by atoms with E-state index in [1.54, 1.807) is 48.5 Å². The Bertz CT molecular complexity index is 1180. The highest BCUT2D eigenvalue weighted by atomic mass is 32.2. The van der Waals surface area contributed by atoms with Crippen molar-refractivity contribution in [1.82, 2.24) is 0 Å². The van der Waals surface area contributed by atoms with Crippen LogP contribution in [0.4, 0.5) is 20.6 Å². The van der Waals surface area contributed by atoms with E-state index in [9.17, 15) is 17.6 Å². The van der Waals surface area contributed by atoms with Crippen LogP contribution in [0.5, 0.6) is 0 Å². The molecular weight excluding hydrogens is 411 g/mol. The molecule has 1 aliphatic heterocycles. The maximum atomic E-state index is 13.4. The van der Waals surface area contributed by atoms with Gasteiger partial charge in [0.15, 0.2) is 0 Å². The van der Waals surface area contributed by atoms with E-state index in [0.717, 1.165) is 9.20 Å². The number of para-hydroxylation sites is 1. The van der Waals surface area contributed by atoms with Crippen molar-refractivity contribution >= 4 is 39.2 Å². The van der Waals surface area contributed by atoms with Gasteiger partial charge in [-0.1, -0.05) is 30.3 Å². The molecule has 3 aromatic carbocycles. The zero-order valence-electron chi connectivity index (χ0n) is 15.4. The monoisotopic (exact) mass is 428 g/mol. The third-order valence-corrected chi connectivity index (χ3v) is 7.09. The normalized spacial score (nSPS) is 15.3. The number of sulfonamides is 1. The van der Waals surface area contributed by atoms with Crippen molar-refractivity contribution in [1.29, 1.82) is 0 Å². The number of amides is 2. The number of carbonyl (C=O) groups excluding carboxylic acids is 1. The minimum absolute atomic E-state index is 0.0521. The molecule has 148 valence electrons. The number of nitrogens with zero attached hydrogens (tertiary/aromatic N) is 2. The zero-order valence-corrected chi connectivity index (χ0v) is 17.1. The van der Waals surface area contributed by atoms with Gasteiger partial charge in [0.05, 0.1) is 17.9 Å². The van der Waals surface area contributed by atoms with Crippen molar-refractivity contribution in [3.8, 4) is 0 Å². The lowest BCUT2D eigenvalue weighted by Crippen LogP contribution is -2.50. The topological polar surface area (TPSA) is 57.7 Å². The fourth-order valence-electron chi connectivity index (χ4n) is 3.22. The quantitative estimate of drug-likeness (QED) is 0.556. The van der Waals surface area contributed by atoms with Gasteiger partial charge in [0.2, 0.25) is 0 Å². The molecule has 0 saturated heterocycles. The predicted molar refractivity (Wildman–Crippen MR) is 112 cm³/mol. The van der Waals surface area contributed by atoms with Gasteiger partial charge in [0.25, 0.3) is 10.0 Å². The summed E-state index contributed by atoms with van der Waals surface area (Å²) in [4.78, 5) is 15.7. The zero-order chi connectivity index (χ0) is 20.6. The summed E-state index contributed by atoms with van der Waals surface area (Å²) in [6, 6.07) is 18.3.